The molecule has 0 saturated heterocycles. The van der Waals surface area contributed by atoms with Crippen LogP contribution in [0.4, 0.5) is 13.2 Å². The molecule has 1 fully saturated rings. The van der Waals surface area contributed by atoms with Gasteiger partial charge < -0.3 is 10.6 Å². The first kappa shape index (κ1) is 24.4. The number of nitrogens with zero attached hydrogens (tertiary/aromatic N) is 3. The molecule has 0 aliphatic heterocycles. The minimum absolute atomic E-state index is 0.128. The topological polar surface area (TPSA) is 88.9 Å². The molecule has 10 heteroatoms. The average Bonchev–Trinajstić information content (AvgIpc) is 3.51. The van der Waals surface area contributed by atoms with Crippen LogP contribution >= 0.6 is 0 Å². The van der Waals surface area contributed by atoms with Crippen molar-refractivity contribution >= 4 is 11.8 Å². The van der Waals surface area contributed by atoms with Crippen LogP contribution in [0, 0.1) is 0 Å². The van der Waals surface area contributed by atoms with Crippen LogP contribution < -0.4 is 10.6 Å². The maximum Gasteiger partial charge on any atom is 0.405 e. The smallest absolute Gasteiger partial charge is 0.348 e. The molecule has 3 aromatic rings. The Bertz CT molecular complexity index is 1170. The molecule has 35 heavy (non-hydrogen) atoms. The monoisotopic (exact) mass is 485 g/mol. The highest BCUT2D eigenvalue weighted by molar-refractivity contribution is 5.95. The van der Waals surface area contributed by atoms with E-state index < -0.39 is 18.6 Å². The van der Waals surface area contributed by atoms with Crippen molar-refractivity contribution < 1.29 is 22.8 Å². The van der Waals surface area contributed by atoms with Crippen molar-refractivity contribution in [3.05, 3.63) is 77.1 Å². The molecule has 0 unspecified atom stereocenters. The number of carbonyl (C=O) groups is 2. The molecular formula is C25H26F3N5O2. The minimum atomic E-state index is -4.49. The third-order valence-electron chi connectivity index (χ3n) is 5.68. The van der Waals surface area contributed by atoms with Gasteiger partial charge in [0.15, 0.2) is 5.69 Å². The Kier molecular flexibility index (Phi) is 7.48. The van der Waals surface area contributed by atoms with Gasteiger partial charge in [-0.3, -0.25) is 9.59 Å². The van der Waals surface area contributed by atoms with Crippen LogP contribution in [0.5, 0.6) is 0 Å². The Morgan fingerprint density at radius 2 is 1.74 bits per heavy atom. The summed E-state index contributed by atoms with van der Waals surface area (Å²) in [6, 6.07) is 14.9. The average molecular weight is 486 g/mol. The van der Waals surface area contributed by atoms with Gasteiger partial charge in [-0.05, 0) is 67.9 Å². The molecule has 2 amide bonds. The highest BCUT2D eigenvalue weighted by atomic mass is 19.4. The standard InChI is InChI=1S/C25H26F3N5O2/c26-25(27,28)16-29-23(34)19-10-13-22(33-15-21(31-32-33)24(35)30-20-11-12-20)18(14-19)9-5-4-8-17-6-2-1-3-7-17/h1-3,6-7,10,13-15,20H,4-5,8-9,11-12,16H2,(H,29,34)(H,30,35). The summed E-state index contributed by atoms with van der Waals surface area (Å²) >= 11 is 0. The van der Waals surface area contributed by atoms with Gasteiger partial charge in [-0.1, -0.05) is 35.5 Å². The number of alkyl halides is 3. The first-order valence-corrected chi connectivity index (χ1v) is 11.5. The van der Waals surface area contributed by atoms with E-state index in [-0.39, 0.29) is 23.2 Å². The second kappa shape index (κ2) is 10.7. The predicted octanol–water partition coefficient (Wildman–Crippen LogP) is 4.02. The quantitative estimate of drug-likeness (QED) is 0.425. The lowest BCUT2D eigenvalue weighted by Gasteiger charge is -2.13. The van der Waals surface area contributed by atoms with Crippen LogP contribution in [0.15, 0.2) is 54.7 Å². The maximum absolute atomic E-state index is 12.5. The summed E-state index contributed by atoms with van der Waals surface area (Å²) in [4.78, 5) is 24.6. The van der Waals surface area contributed by atoms with Crippen molar-refractivity contribution in [2.75, 3.05) is 6.54 Å². The summed E-state index contributed by atoms with van der Waals surface area (Å²) in [5.74, 6) is -1.10. The summed E-state index contributed by atoms with van der Waals surface area (Å²) in [6.07, 6.45) is 2.07. The Labute approximate surface area is 200 Å². The van der Waals surface area contributed by atoms with E-state index in [0.29, 0.717) is 12.1 Å². The highest BCUT2D eigenvalue weighted by Gasteiger charge is 2.28. The number of amides is 2. The first-order valence-electron chi connectivity index (χ1n) is 11.5. The number of benzene rings is 2. The molecule has 1 heterocycles. The summed E-state index contributed by atoms with van der Waals surface area (Å²) in [5, 5.41) is 12.8. The molecule has 2 N–H and O–H groups in total. The number of rotatable bonds is 10. The van der Waals surface area contributed by atoms with E-state index in [2.05, 4.69) is 27.8 Å². The number of aryl methyl sites for hydroxylation is 2. The highest BCUT2D eigenvalue weighted by Crippen LogP contribution is 2.22. The van der Waals surface area contributed by atoms with E-state index in [1.165, 1.54) is 22.5 Å². The van der Waals surface area contributed by atoms with E-state index in [9.17, 15) is 22.8 Å². The molecule has 0 spiro atoms. The third-order valence-corrected chi connectivity index (χ3v) is 5.68. The molecule has 0 atom stereocenters. The molecule has 7 nitrogen and oxygen atoms in total. The van der Waals surface area contributed by atoms with Crippen molar-refractivity contribution in [2.45, 2.75) is 50.7 Å². The molecule has 1 saturated carbocycles. The van der Waals surface area contributed by atoms with Crippen LogP contribution in [-0.2, 0) is 12.8 Å². The summed E-state index contributed by atoms with van der Waals surface area (Å²) in [5.41, 5.74) is 2.88. The van der Waals surface area contributed by atoms with E-state index in [1.807, 2.05) is 23.5 Å². The van der Waals surface area contributed by atoms with Gasteiger partial charge >= 0.3 is 6.18 Å². The molecule has 1 aliphatic carbocycles. The summed E-state index contributed by atoms with van der Waals surface area (Å²) in [7, 11) is 0. The van der Waals surface area contributed by atoms with Gasteiger partial charge in [0, 0.05) is 11.6 Å². The summed E-state index contributed by atoms with van der Waals surface area (Å²) in [6.45, 7) is -1.40. The van der Waals surface area contributed by atoms with Crippen molar-refractivity contribution in [1.82, 2.24) is 25.6 Å². The fourth-order valence-electron chi connectivity index (χ4n) is 3.69. The molecular weight excluding hydrogens is 459 g/mol. The van der Waals surface area contributed by atoms with Crippen molar-refractivity contribution in [3.8, 4) is 5.69 Å². The SMILES string of the molecule is O=C(NCC(F)(F)F)c1ccc(-n2cc(C(=O)NC3CC3)nn2)c(CCCCc2ccccc2)c1. The normalized spacial score (nSPS) is 13.5. The van der Waals surface area contributed by atoms with Gasteiger partial charge in [0.1, 0.15) is 6.54 Å². The number of carbonyl (C=O) groups excluding carboxylic acids is 2. The Morgan fingerprint density at radius 1 is 1.00 bits per heavy atom. The van der Waals surface area contributed by atoms with Crippen molar-refractivity contribution in [3.63, 3.8) is 0 Å². The Hall–Kier alpha value is -3.69. The number of nitrogens with one attached hydrogen (secondary N) is 2. The minimum Gasteiger partial charge on any atom is -0.348 e. The predicted molar refractivity (Wildman–Crippen MR) is 123 cm³/mol. The van der Waals surface area contributed by atoms with Gasteiger partial charge in [-0.15, -0.1) is 5.10 Å². The number of unbranched alkanes of at least 4 members (excludes halogenated alkanes) is 1. The molecule has 1 aliphatic rings. The Morgan fingerprint density at radius 3 is 2.46 bits per heavy atom. The number of hydrogen-bond acceptors (Lipinski definition) is 4. The Balaban J connectivity index is 1.50. The zero-order valence-corrected chi connectivity index (χ0v) is 19.0. The lowest BCUT2D eigenvalue weighted by atomic mass is 10.0. The largest absolute Gasteiger partial charge is 0.405 e. The van der Waals surface area contributed by atoms with E-state index in [1.54, 1.807) is 12.1 Å². The zero-order valence-electron chi connectivity index (χ0n) is 19.0. The molecule has 0 bridgehead atoms. The molecule has 2 aromatic carbocycles. The first-order chi connectivity index (χ1) is 16.8. The fraction of sp³-hybridized carbons (Fsp3) is 0.360. The van der Waals surface area contributed by atoms with Crippen LogP contribution in [-0.4, -0.2) is 45.6 Å². The number of aromatic nitrogens is 3. The van der Waals surface area contributed by atoms with Crippen LogP contribution in [0.25, 0.3) is 5.69 Å². The van der Waals surface area contributed by atoms with Crippen molar-refractivity contribution in [1.29, 1.82) is 0 Å². The van der Waals surface area contributed by atoms with Gasteiger partial charge in [0.2, 0.25) is 0 Å². The summed E-state index contributed by atoms with van der Waals surface area (Å²) < 4.78 is 39.0. The van der Waals surface area contributed by atoms with Gasteiger partial charge in [0.25, 0.3) is 11.8 Å². The fourth-order valence-corrected chi connectivity index (χ4v) is 3.69. The zero-order chi connectivity index (χ0) is 24.8. The van der Waals surface area contributed by atoms with Crippen molar-refractivity contribution in [2.24, 2.45) is 0 Å². The van der Waals surface area contributed by atoms with E-state index >= 15 is 0 Å². The van der Waals surface area contributed by atoms with E-state index in [0.717, 1.165) is 37.7 Å². The van der Waals surface area contributed by atoms with Crippen LogP contribution in [0.1, 0.15) is 57.7 Å². The number of hydrogen-bond donors (Lipinski definition) is 2. The molecule has 184 valence electrons. The molecule has 0 radical (unpaired) electrons. The molecule has 4 rings (SSSR count). The third kappa shape index (κ3) is 7.14. The number of halogens is 3. The van der Waals surface area contributed by atoms with Crippen LogP contribution in [0.3, 0.4) is 0 Å². The van der Waals surface area contributed by atoms with Gasteiger partial charge in [-0.2, -0.15) is 13.2 Å². The second-order valence-electron chi connectivity index (χ2n) is 8.63. The lowest BCUT2D eigenvalue weighted by Crippen LogP contribution is -2.33. The van der Waals surface area contributed by atoms with Gasteiger partial charge in [0.05, 0.1) is 11.9 Å². The van der Waals surface area contributed by atoms with Gasteiger partial charge in [-0.25, -0.2) is 4.68 Å². The van der Waals surface area contributed by atoms with Crippen LogP contribution in [0.2, 0.25) is 0 Å². The maximum atomic E-state index is 12.5. The second-order valence-corrected chi connectivity index (χ2v) is 8.63. The van der Waals surface area contributed by atoms with E-state index in [4.69, 9.17) is 0 Å². The molecule has 1 aromatic heterocycles. The lowest BCUT2D eigenvalue weighted by molar-refractivity contribution is -0.123.